The van der Waals surface area contributed by atoms with Gasteiger partial charge in [0.25, 0.3) is 15.9 Å². The van der Waals surface area contributed by atoms with E-state index in [0.29, 0.717) is 18.0 Å². The molecule has 0 spiro atoms. The molecule has 1 aliphatic rings. The Hall–Kier alpha value is -1.67. The average molecular weight is 325 g/mol. The van der Waals surface area contributed by atoms with E-state index in [2.05, 4.69) is 10.2 Å². The third kappa shape index (κ3) is 2.68. The highest BCUT2D eigenvalue weighted by atomic mass is 32.2. The summed E-state index contributed by atoms with van der Waals surface area (Å²) >= 11 is 0. The van der Waals surface area contributed by atoms with Crippen molar-refractivity contribution in [3.05, 3.63) is 18.2 Å². The summed E-state index contributed by atoms with van der Waals surface area (Å²) in [6.45, 7) is 4.22. The fourth-order valence-corrected chi connectivity index (χ4v) is 4.48. The van der Waals surface area contributed by atoms with Crippen molar-refractivity contribution in [2.75, 3.05) is 6.54 Å². The van der Waals surface area contributed by atoms with Crippen molar-refractivity contribution in [1.82, 2.24) is 14.5 Å². The van der Waals surface area contributed by atoms with Gasteiger partial charge in [0.15, 0.2) is 0 Å². The molecule has 1 aliphatic heterocycles. The maximum Gasteiger partial charge on any atom is 0.276 e. The van der Waals surface area contributed by atoms with Crippen LogP contribution in [0.15, 0.2) is 26.3 Å². The van der Waals surface area contributed by atoms with Crippen LogP contribution < -0.4 is 0 Å². The van der Waals surface area contributed by atoms with Gasteiger partial charge < -0.3 is 8.83 Å². The third-order valence-corrected chi connectivity index (χ3v) is 5.78. The quantitative estimate of drug-likeness (QED) is 0.858. The zero-order chi connectivity index (χ0) is 15.7. The van der Waals surface area contributed by atoms with E-state index in [1.807, 2.05) is 6.92 Å². The Bertz CT molecular complexity index is 750. The van der Waals surface area contributed by atoms with Crippen LogP contribution in [0.5, 0.6) is 0 Å². The van der Waals surface area contributed by atoms with Crippen LogP contribution in [0.3, 0.4) is 0 Å². The van der Waals surface area contributed by atoms with E-state index in [1.165, 1.54) is 12.3 Å². The SMILES string of the molecule is CC[C@@H]1CCCCN1S(=O)(=O)c1cc(-c2nnc(C)o2)co1. The van der Waals surface area contributed by atoms with Crippen LogP contribution in [-0.2, 0) is 10.0 Å². The lowest BCUT2D eigenvalue weighted by Gasteiger charge is -2.33. The fourth-order valence-electron chi connectivity index (χ4n) is 2.79. The average Bonchev–Trinajstić information content (AvgIpc) is 3.16. The Morgan fingerprint density at radius 2 is 2.18 bits per heavy atom. The summed E-state index contributed by atoms with van der Waals surface area (Å²) in [7, 11) is -3.63. The molecule has 0 N–H and O–H groups in total. The monoisotopic (exact) mass is 325 g/mol. The molecule has 0 saturated carbocycles. The molecule has 7 nitrogen and oxygen atoms in total. The molecule has 2 aromatic heterocycles. The van der Waals surface area contributed by atoms with Crippen LogP contribution in [0.25, 0.3) is 11.5 Å². The van der Waals surface area contributed by atoms with E-state index in [4.69, 9.17) is 8.83 Å². The molecular weight excluding hydrogens is 306 g/mol. The second kappa shape index (κ2) is 5.85. The number of hydrogen-bond donors (Lipinski definition) is 0. The highest BCUT2D eigenvalue weighted by Crippen LogP contribution is 2.30. The fraction of sp³-hybridized carbons (Fsp3) is 0.571. The summed E-state index contributed by atoms with van der Waals surface area (Å²) in [5.74, 6) is 0.677. The van der Waals surface area contributed by atoms with Crippen LogP contribution >= 0.6 is 0 Å². The standard InChI is InChI=1S/C14H19N3O4S/c1-3-12-6-4-5-7-17(12)22(18,19)13-8-11(9-20-13)14-16-15-10(2)21-14/h8-9,12H,3-7H2,1-2H3/t12-/m1/s1. The Morgan fingerprint density at radius 1 is 1.36 bits per heavy atom. The molecule has 1 saturated heterocycles. The second-order valence-electron chi connectivity index (χ2n) is 5.45. The maximum atomic E-state index is 12.8. The number of aryl methyl sites for hydroxylation is 1. The Labute approximate surface area is 129 Å². The lowest BCUT2D eigenvalue weighted by atomic mass is 10.0. The largest absolute Gasteiger partial charge is 0.451 e. The van der Waals surface area contributed by atoms with Gasteiger partial charge in [-0.15, -0.1) is 10.2 Å². The minimum Gasteiger partial charge on any atom is -0.451 e. The number of nitrogens with zero attached hydrogens (tertiary/aromatic N) is 3. The molecule has 0 aromatic carbocycles. The van der Waals surface area contributed by atoms with E-state index in [1.54, 1.807) is 11.2 Å². The first-order chi connectivity index (χ1) is 10.5. The molecule has 3 rings (SSSR count). The van der Waals surface area contributed by atoms with Gasteiger partial charge in [0.1, 0.15) is 6.26 Å². The number of hydrogen-bond acceptors (Lipinski definition) is 6. The number of rotatable bonds is 4. The first-order valence-corrected chi connectivity index (χ1v) is 8.87. The van der Waals surface area contributed by atoms with Crippen molar-refractivity contribution < 1.29 is 17.3 Å². The predicted molar refractivity (Wildman–Crippen MR) is 78.6 cm³/mol. The molecule has 1 fully saturated rings. The van der Waals surface area contributed by atoms with Crippen LogP contribution in [0.2, 0.25) is 0 Å². The van der Waals surface area contributed by atoms with Gasteiger partial charge in [-0.25, -0.2) is 8.42 Å². The maximum absolute atomic E-state index is 12.8. The van der Waals surface area contributed by atoms with Crippen LogP contribution in [-0.4, -0.2) is 35.5 Å². The van der Waals surface area contributed by atoms with Gasteiger partial charge in [0.05, 0.1) is 5.56 Å². The van der Waals surface area contributed by atoms with E-state index in [0.717, 1.165) is 25.7 Å². The van der Waals surface area contributed by atoms with Gasteiger partial charge in [0, 0.05) is 25.6 Å². The molecule has 0 bridgehead atoms. The van der Waals surface area contributed by atoms with Crippen molar-refractivity contribution in [2.24, 2.45) is 0 Å². The lowest BCUT2D eigenvalue weighted by molar-refractivity contribution is 0.241. The van der Waals surface area contributed by atoms with Crippen LogP contribution in [0.4, 0.5) is 0 Å². The molecule has 120 valence electrons. The molecule has 0 amide bonds. The van der Waals surface area contributed by atoms with Gasteiger partial charge in [-0.3, -0.25) is 0 Å². The number of sulfonamides is 1. The zero-order valence-corrected chi connectivity index (χ0v) is 13.5. The van der Waals surface area contributed by atoms with Crippen molar-refractivity contribution in [3.8, 4) is 11.5 Å². The summed E-state index contributed by atoms with van der Waals surface area (Å²) in [5, 5.41) is 7.53. The number of furan rings is 1. The van der Waals surface area contributed by atoms with E-state index >= 15 is 0 Å². The molecule has 0 radical (unpaired) electrons. The Morgan fingerprint density at radius 3 is 2.86 bits per heavy atom. The first-order valence-electron chi connectivity index (χ1n) is 7.43. The van der Waals surface area contributed by atoms with Gasteiger partial charge in [-0.2, -0.15) is 4.31 Å². The Balaban J connectivity index is 1.91. The molecular formula is C14H19N3O4S. The van der Waals surface area contributed by atoms with E-state index in [9.17, 15) is 8.42 Å². The topological polar surface area (TPSA) is 89.4 Å². The molecule has 22 heavy (non-hydrogen) atoms. The summed E-state index contributed by atoms with van der Waals surface area (Å²) in [4.78, 5) is 0. The van der Waals surface area contributed by atoms with Crippen LogP contribution in [0.1, 0.15) is 38.5 Å². The molecule has 3 heterocycles. The third-order valence-electron chi connectivity index (χ3n) is 3.96. The normalized spacial score (nSPS) is 20.4. The minimum atomic E-state index is -3.63. The molecule has 8 heteroatoms. The predicted octanol–water partition coefficient (Wildman–Crippen LogP) is 2.59. The smallest absolute Gasteiger partial charge is 0.276 e. The minimum absolute atomic E-state index is 0.0398. The lowest BCUT2D eigenvalue weighted by Crippen LogP contribution is -2.43. The molecule has 0 aliphatic carbocycles. The number of aromatic nitrogens is 2. The van der Waals surface area contributed by atoms with Crippen molar-refractivity contribution in [3.63, 3.8) is 0 Å². The first kappa shape index (κ1) is 15.2. The highest BCUT2D eigenvalue weighted by Gasteiger charge is 2.34. The van der Waals surface area contributed by atoms with Crippen molar-refractivity contribution >= 4 is 10.0 Å². The molecule has 1 atom stereocenters. The van der Waals surface area contributed by atoms with E-state index < -0.39 is 10.0 Å². The van der Waals surface area contributed by atoms with Gasteiger partial charge in [-0.05, 0) is 19.3 Å². The second-order valence-corrected chi connectivity index (χ2v) is 7.28. The summed E-state index contributed by atoms with van der Waals surface area (Å²) in [5.41, 5.74) is 0.476. The van der Waals surface area contributed by atoms with E-state index in [-0.39, 0.29) is 17.0 Å². The van der Waals surface area contributed by atoms with Crippen molar-refractivity contribution in [1.29, 1.82) is 0 Å². The van der Waals surface area contributed by atoms with Gasteiger partial charge in [0.2, 0.25) is 11.0 Å². The summed E-state index contributed by atoms with van der Waals surface area (Å²) in [6, 6.07) is 1.49. The molecule has 0 unspecified atom stereocenters. The van der Waals surface area contributed by atoms with Gasteiger partial charge >= 0.3 is 0 Å². The highest BCUT2D eigenvalue weighted by molar-refractivity contribution is 7.89. The zero-order valence-electron chi connectivity index (χ0n) is 12.7. The van der Waals surface area contributed by atoms with Gasteiger partial charge in [-0.1, -0.05) is 13.3 Å². The number of piperidine rings is 1. The summed E-state index contributed by atoms with van der Waals surface area (Å²) in [6.07, 6.45) is 4.98. The molecule has 2 aromatic rings. The van der Waals surface area contributed by atoms with Crippen LogP contribution in [0, 0.1) is 6.92 Å². The summed E-state index contributed by atoms with van der Waals surface area (Å²) < 4.78 is 37.7. The Kier molecular flexibility index (Phi) is 4.05. The van der Waals surface area contributed by atoms with Crippen molar-refractivity contribution in [2.45, 2.75) is 50.7 Å².